The Kier molecular flexibility index (Phi) is 7.19. The average molecular weight is 437 g/mol. The molecule has 1 N–H and O–H groups in total. The Bertz CT molecular complexity index is 1010. The Morgan fingerprint density at radius 2 is 1.74 bits per heavy atom. The zero-order valence-electron chi connectivity index (χ0n) is 17.2. The molecule has 1 aromatic heterocycles. The molecule has 0 spiro atoms. The van der Waals surface area contributed by atoms with Gasteiger partial charge >= 0.3 is 0 Å². The van der Waals surface area contributed by atoms with Gasteiger partial charge in [0, 0.05) is 43.7 Å². The second kappa shape index (κ2) is 10.4. The number of anilines is 1. The Morgan fingerprint density at radius 3 is 2.48 bits per heavy atom. The molecule has 1 saturated heterocycles. The maximum absolute atomic E-state index is 13.1. The predicted molar refractivity (Wildman–Crippen MR) is 124 cm³/mol. The third-order valence-corrected chi connectivity index (χ3v) is 5.95. The molecule has 0 radical (unpaired) electrons. The summed E-state index contributed by atoms with van der Waals surface area (Å²) in [6.45, 7) is 4.90. The van der Waals surface area contributed by atoms with Gasteiger partial charge < -0.3 is 5.32 Å². The number of carbonyl (C=O) groups excluding carboxylic acids is 1. The number of thiazole rings is 1. The Morgan fingerprint density at radius 1 is 1.03 bits per heavy atom. The van der Waals surface area contributed by atoms with Crippen LogP contribution in [-0.2, 0) is 4.79 Å². The van der Waals surface area contributed by atoms with Crippen molar-refractivity contribution in [2.24, 2.45) is 0 Å². The summed E-state index contributed by atoms with van der Waals surface area (Å²) in [5.41, 5.74) is 2.77. The van der Waals surface area contributed by atoms with Crippen LogP contribution in [-0.4, -0.2) is 60.0 Å². The fourth-order valence-corrected chi connectivity index (χ4v) is 4.21. The SMILES string of the molecule is O=C(CN1CCN(C/C=C/c2ccccc2)CC1)Nc1nc(-c2ccc(F)cc2)cs1. The molecule has 7 heteroatoms. The number of rotatable bonds is 7. The molecular formula is C24H25FN4OS. The molecule has 0 atom stereocenters. The van der Waals surface area contributed by atoms with Crippen molar-refractivity contribution in [1.29, 1.82) is 0 Å². The molecule has 1 amide bonds. The van der Waals surface area contributed by atoms with Crippen LogP contribution in [0, 0.1) is 5.82 Å². The van der Waals surface area contributed by atoms with E-state index in [0.717, 1.165) is 44.0 Å². The molecule has 0 saturated carbocycles. The topological polar surface area (TPSA) is 48.5 Å². The molecule has 3 aromatic rings. The summed E-state index contributed by atoms with van der Waals surface area (Å²) in [6, 6.07) is 16.5. The lowest BCUT2D eigenvalue weighted by Crippen LogP contribution is -2.48. The summed E-state index contributed by atoms with van der Waals surface area (Å²) in [4.78, 5) is 21.4. The molecule has 4 rings (SSSR count). The van der Waals surface area contributed by atoms with E-state index >= 15 is 0 Å². The van der Waals surface area contributed by atoms with Gasteiger partial charge in [-0.2, -0.15) is 0 Å². The molecule has 1 aliphatic heterocycles. The number of nitrogens with zero attached hydrogens (tertiary/aromatic N) is 3. The Hall–Kier alpha value is -2.87. The molecule has 31 heavy (non-hydrogen) atoms. The normalized spacial score (nSPS) is 15.4. The number of halogens is 1. The third kappa shape index (κ3) is 6.30. The van der Waals surface area contributed by atoms with Gasteiger partial charge in [-0.1, -0.05) is 42.5 Å². The van der Waals surface area contributed by atoms with Crippen LogP contribution < -0.4 is 5.32 Å². The standard InChI is InChI=1S/C24H25FN4OS/c25-21-10-8-20(9-11-21)22-18-31-24(26-22)27-23(30)17-29-15-13-28(14-16-29)12-4-7-19-5-2-1-3-6-19/h1-11,18H,12-17H2,(H,26,27,30)/b7-4+. The zero-order valence-corrected chi connectivity index (χ0v) is 18.0. The van der Waals surface area contributed by atoms with Crippen molar-refractivity contribution < 1.29 is 9.18 Å². The summed E-state index contributed by atoms with van der Waals surface area (Å²) >= 11 is 1.38. The number of hydrogen-bond acceptors (Lipinski definition) is 5. The molecule has 0 unspecified atom stereocenters. The maximum atomic E-state index is 13.1. The lowest BCUT2D eigenvalue weighted by atomic mass is 10.2. The smallest absolute Gasteiger partial charge is 0.240 e. The number of carbonyl (C=O) groups is 1. The van der Waals surface area contributed by atoms with Crippen molar-refractivity contribution in [3.63, 3.8) is 0 Å². The van der Waals surface area contributed by atoms with Gasteiger partial charge in [0.25, 0.3) is 0 Å². The molecule has 0 bridgehead atoms. The molecule has 1 aliphatic rings. The van der Waals surface area contributed by atoms with E-state index in [9.17, 15) is 9.18 Å². The van der Waals surface area contributed by atoms with Crippen LogP contribution in [0.1, 0.15) is 5.56 Å². The number of amides is 1. The highest BCUT2D eigenvalue weighted by atomic mass is 32.1. The maximum Gasteiger partial charge on any atom is 0.240 e. The van der Waals surface area contributed by atoms with E-state index in [1.54, 1.807) is 12.1 Å². The van der Waals surface area contributed by atoms with E-state index in [4.69, 9.17) is 0 Å². The first kappa shape index (κ1) is 21.4. The summed E-state index contributed by atoms with van der Waals surface area (Å²) in [7, 11) is 0. The number of benzene rings is 2. The van der Waals surface area contributed by atoms with E-state index in [-0.39, 0.29) is 11.7 Å². The van der Waals surface area contributed by atoms with Crippen LogP contribution in [0.15, 0.2) is 66.1 Å². The largest absolute Gasteiger partial charge is 0.301 e. The van der Waals surface area contributed by atoms with Crippen molar-refractivity contribution in [2.45, 2.75) is 0 Å². The zero-order chi connectivity index (χ0) is 21.5. The fraction of sp³-hybridized carbons (Fsp3) is 0.250. The van der Waals surface area contributed by atoms with Crippen LogP contribution in [0.2, 0.25) is 0 Å². The van der Waals surface area contributed by atoms with Crippen LogP contribution >= 0.6 is 11.3 Å². The molecule has 5 nitrogen and oxygen atoms in total. The monoisotopic (exact) mass is 436 g/mol. The van der Waals surface area contributed by atoms with E-state index < -0.39 is 0 Å². The summed E-state index contributed by atoms with van der Waals surface area (Å²) < 4.78 is 13.1. The minimum atomic E-state index is -0.278. The Labute approximate surface area is 185 Å². The molecule has 2 heterocycles. The summed E-state index contributed by atoms with van der Waals surface area (Å²) in [5, 5.41) is 5.31. The van der Waals surface area contributed by atoms with Crippen molar-refractivity contribution in [3.05, 3.63) is 77.4 Å². The molecule has 1 fully saturated rings. The first-order chi connectivity index (χ1) is 15.2. The van der Waals surface area contributed by atoms with E-state index in [2.05, 4.69) is 44.4 Å². The second-order valence-electron chi connectivity index (χ2n) is 7.48. The minimum Gasteiger partial charge on any atom is -0.301 e. The van der Waals surface area contributed by atoms with Gasteiger partial charge in [-0.15, -0.1) is 11.3 Å². The molecule has 0 aliphatic carbocycles. The molecule has 2 aromatic carbocycles. The minimum absolute atomic E-state index is 0.0579. The third-order valence-electron chi connectivity index (χ3n) is 5.20. The van der Waals surface area contributed by atoms with Crippen LogP contribution in [0.3, 0.4) is 0 Å². The van der Waals surface area contributed by atoms with Gasteiger partial charge in [0.2, 0.25) is 5.91 Å². The summed E-state index contributed by atoms with van der Waals surface area (Å²) in [5.74, 6) is -0.336. The second-order valence-corrected chi connectivity index (χ2v) is 8.34. The number of hydrogen-bond donors (Lipinski definition) is 1. The first-order valence-electron chi connectivity index (χ1n) is 10.3. The molecular weight excluding hydrogens is 411 g/mol. The van der Waals surface area contributed by atoms with Crippen LogP contribution in [0.5, 0.6) is 0 Å². The number of aromatic nitrogens is 1. The van der Waals surface area contributed by atoms with Crippen molar-refractivity contribution in [2.75, 3.05) is 44.6 Å². The van der Waals surface area contributed by atoms with Gasteiger partial charge in [0.05, 0.1) is 12.2 Å². The van der Waals surface area contributed by atoms with Gasteiger partial charge in [-0.3, -0.25) is 14.6 Å². The fourth-order valence-electron chi connectivity index (χ4n) is 3.48. The van der Waals surface area contributed by atoms with Crippen molar-refractivity contribution in [3.8, 4) is 11.3 Å². The van der Waals surface area contributed by atoms with Crippen LogP contribution in [0.25, 0.3) is 17.3 Å². The van der Waals surface area contributed by atoms with Gasteiger partial charge in [0.1, 0.15) is 5.82 Å². The average Bonchev–Trinajstić information content (AvgIpc) is 3.24. The highest BCUT2D eigenvalue weighted by Gasteiger charge is 2.18. The van der Waals surface area contributed by atoms with E-state index in [1.165, 1.54) is 29.0 Å². The van der Waals surface area contributed by atoms with E-state index in [0.29, 0.717) is 11.7 Å². The predicted octanol–water partition coefficient (Wildman–Crippen LogP) is 4.22. The summed E-state index contributed by atoms with van der Waals surface area (Å²) in [6.07, 6.45) is 4.34. The van der Waals surface area contributed by atoms with Crippen molar-refractivity contribution in [1.82, 2.24) is 14.8 Å². The van der Waals surface area contributed by atoms with Crippen LogP contribution in [0.4, 0.5) is 9.52 Å². The lowest BCUT2D eigenvalue weighted by Gasteiger charge is -2.33. The van der Waals surface area contributed by atoms with E-state index in [1.807, 2.05) is 23.6 Å². The van der Waals surface area contributed by atoms with Gasteiger partial charge in [-0.05, 0) is 29.8 Å². The first-order valence-corrected chi connectivity index (χ1v) is 11.2. The quantitative estimate of drug-likeness (QED) is 0.603. The van der Waals surface area contributed by atoms with Gasteiger partial charge in [0.15, 0.2) is 5.13 Å². The highest BCUT2D eigenvalue weighted by Crippen LogP contribution is 2.25. The number of nitrogens with one attached hydrogen (secondary N) is 1. The van der Waals surface area contributed by atoms with Crippen molar-refractivity contribution >= 4 is 28.5 Å². The lowest BCUT2D eigenvalue weighted by molar-refractivity contribution is -0.117. The molecule has 160 valence electrons. The number of piperazine rings is 1. The Balaban J connectivity index is 1.20. The highest BCUT2D eigenvalue weighted by molar-refractivity contribution is 7.14. The van der Waals surface area contributed by atoms with Gasteiger partial charge in [-0.25, -0.2) is 9.37 Å².